The molecule has 1 aliphatic carbocycles. The first kappa shape index (κ1) is 11.7. The van der Waals surface area contributed by atoms with Crippen LogP contribution in [0.4, 0.5) is 0 Å². The highest BCUT2D eigenvalue weighted by molar-refractivity contribution is 5.37. The number of azide groups is 1. The zero-order valence-corrected chi connectivity index (χ0v) is 10.5. The molecule has 0 saturated heterocycles. The van der Waals surface area contributed by atoms with Crippen LogP contribution in [0, 0.1) is 0 Å². The lowest BCUT2D eigenvalue weighted by Crippen LogP contribution is -2.08. The Hall–Kier alpha value is -2.33. The molecule has 0 unspecified atom stereocenters. The van der Waals surface area contributed by atoms with Gasteiger partial charge in [-0.25, -0.2) is 4.68 Å². The topological polar surface area (TPSA) is 79.5 Å². The summed E-state index contributed by atoms with van der Waals surface area (Å²) in [6, 6.07) is 7.90. The molecule has 0 spiro atoms. The molecule has 0 aliphatic heterocycles. The SMILES string of the molecule is [N-]=[N+]=NCc1cccc(-n2nnc3c2CCCC3)c1. The Labute approximate surface area is 110 Å². The van der Waals surface area contributed by atoms with E-state index in [9.17, 15) is 0 Å². The van der Waals surface area contributed by atoms with Gasteiger partial charge in [0.25, 0.3) is 0 Å². The van der Waals surface area contributed by atoms with E-state index in [-0.39, 0.29) is 0 Å². The summed E-state index contributed by atoms with van der Waals surface area (Å²) in [7, 11) is 0. The van der Waals surface area contributed by atoms with Crippen LogP contribution in [0.3, 0.4) is 0 Å². The summed E-state index contributed by atoms with van der Waals surface area (Å²) < 4.78 is 1.91. The molecule has 0 bridgehead atoms. The van der Waals surface area contributed by atoms with Crippen molar-refractivity contribution >= 4 is 0 Å². The number of fused-ring (bicyclic) bond motifs is 1. The molecule has 0 amide bonds. The largest absolute Gasteiger partial charge is 0.217 e. The molecule has 0 fully saturated rings. The van der Waals surface area contributed by atoms with E-state index in [4.69, 9.17) is 5.53 Å². The summed E-state index contributed by atoms with van der Waals surface area (Å²) >= 11 is 0. The van der Waals surface area contributed by atoms with E-state index < -0.39 is 0 Å². The van der Waals surface area contributed by atoms with Crippen LogP contribution in [0.15, 0.2) is 29.4 Å². The predicted molar refractivity (Wildman–Crippen MR) is 70.9 cm³/mol. The fourth-order valence-corrected chi connectivity index (χ4v) is 2.47. The second-order valence-corrected chi connectivity index (χ2v) is 4.66. The van der Waals surface area contributed by atoms with Crippen LogP contribution in [0.25, 0.3) is 16.1 Å². The van der Waals surface area contributed by atoms with Crippen molar-refractivity contribution in [2.75, 3.05) is 0 Å². The number of aryl methyl sites for hydroxylation is 1. The lowest BCUT2D eigenvalue weighted by Gasteiger charge is -2.12. The summed E-state index contributed by atoms with van der Waals surface area (Å²) in [4.78, 5) is 2.78. The van der Waals surface area contributed by atoms with Crippen LogP contribution in [0.5, 0.6) is 0 Å². The van der Waals surface area contributed by atoms with Crippen LogP contribution in [-0.2, 0) is 19.4 Å². The first-order valence-electron chi connectivity index (χ1n) is 6.42. The summed E-state index contributed by atoms with van der Waals surface area (Å²) in [6.07, 6.45) is 4.44. The van der Waals surface area contributed by atoms with Gasteiger partial charge in [0.2, 0.25) is 0 Å². The van der Waals surface area contributed by atoms with Gasteiger partial charge in [-0.1, -0.05) is 22.5 Å². The molecular weight excluding hydrogens is 240 g/mol. The number of aromatic nitrogens is 3. The fraction of sp³-hybridized carbons (Fsp3) is 0.385. The highest BCUT2D eigenvalue weighted by atomic mass is 15.4. The van der Waals surface area contributed by atoms with Gasteiger partial charge in [-0.3, -0.25) is 0 Å². The average Bonchev–Trinajstić information content (AvgIpc) is 2.89. The summed E-state index contributed by atoms with van der Waals surface area (Å²) in [5.74, 6) is 0. The van der Waals surface area contributed by atoms with Gasteiger partial charge in [-0.2, -0.15) is 0 Å². The lowest BCUT2D eigenvalue weighted by molar-refractivity contribution is 0.652. The van der Waals surface area contributed by atoms with Crippen LogP contribution in [-0.4, -0.2) is 15.0 Å². The molecular formula is C13H14N6. The molecule has 96 valence electrons. The molecule has 1 aromatic heterocycles. The monoisotopic (exact) mass is 254 g/mol. The van der Waals surface area contributed by atoms with Gasteiger partial charge in [-0.15, -0.1) is 5.10 Å². The van der Waals surface area contributed by atoms with Gasteiger partial charge in [0.15, 0.2) is 0 Å². The van der Waals surface area contributed by atoms with E-state index in [0.29, 0.717) is 6.54 Å². The van der Waals surface area contributed by atoms with Crippen molar-refractivity contribution in [2.24, 2.45) is 5.11 Å². The third-order valence-electron chi connectivity index (χ3n) is 3.39. The van der Waals surface area contributed by atoms with Gasteiger partial charge in [0.1, 0.15) is 0 Å². The maximum Gasteiger partial charge on any atom is 0.0863 e. The number of nitrogens with zero attached hydrogens (tertiary/aromatic N) is 6. The van der Waals surface area contributed by atoms with E-state index in [0.717, 1.165) is 29.8 Å². The average molecular weight is 254 g/mol. The van der Waals surface area contributed by atoms with Crippen molar-refractivity contribution in [1.29, 1.82) is 0 Å². The van der Waals surface area contributed by atoms with E-state index in [1.54, 1.807) is 0 Å². The minimum Gasteiger partial charge on any atom is -0.217 e. The predicted octanol–water partition coefficient (Wildman–Crippen LogP) is 2.96. The third kappa shape index (κ3) is 2.30. The minimum atomic E-state index is 0.362. The smallest absolute Gasteiger partial charge is 0.0863 e. The lowest BCUT2D eigenvalue weighted by atomic mass is 10.0. The Kier molecular flexibility index (Phi) is 3.16. The number of hydrogen-bond donors (Lipinski definition) is 0. The quantitative estimate of drug-likeness (QED) is 0.479. The zero-order valence-electron chi connectivity index (χ0n) is 10.5. The van der Waals surface area contributed by atoms with Gasteiger partial charge in [0, 0.05) is 4.91 Å². The standard InChI is InChI=1S/C13H14N6/c14-17-15-9-10-4-3-5-11(8-10)19-13-7-2-1-6-12(13)16-18-19/h3-5,8H,1-2,6-7,9H2. The minimum absolute atomic E-state index is 0.362. The molecule has 1 aliphatic rings. The van der Waals surface area contributed by atoms with E-state index in [2.05, 4.69) is 20.3 Å². The van der Waals surface area contributed by atoms with Crippen molar-refractivity contribution in [3.05, 3.63) is 51.7 Å². The Bertz CT molecular complexity index is 638. The molecule has 6 nitrogen and oxygen atoms in total. The molecule has 0 saturated carbocycles. The normalized spacial score (nSPS) is 13.7. The number of hydrogen-bond acceptors (Lipinski definition) is 3. The number of benzene rings is 1. The molecule has 19 heavy (non-hydrogen) atoms. The van der Waals surface area contributed by atoms with Crippen molar-refractivity contribution in [3.8, 4) is 5.69 Å². The highest BCUT2D eigenvalue weighted by Crippen LogP contribution is 2.22. The van der Waals surface area contributed by atoms with Crippen LogP contribution >= 0.6 is 0 Å². The molecule has 1 aromatic carbocycles. The highest BCUT2D eigenvalue weighted by Gasteiger charge is 2.17. The van der Waals surface area contributed by atoms with Gasteiger partial charge in [-0.05, 0) is 48.9 Å². The van der Waals surface area contributed by atoms with Crippen molar-refractivity contribution < 1.29 is 0 Å². The van der Waals surface area contributed by atoms with Gasteiger partial charge >= 0.3 is 0 Å². The van der Waals surface area contributed by atoms with Crippen molar-refractivity contribution in [2.45, 2.75) is 32.2 Å². The van der Waals surface area contributed by atoms with Crippen molar-refractivity contribution in [1.82, 2.24) is 15.0 Å². The molecule has 1 heterocycles. The fourth-order valence-electron chi connectivity index (χ4n) is 2.47. The molecule has 3 rings (SSSR count). The maximum atomic E-state index is 8.37. The van der Waals surface area contributed by atoms with Gasteiger partial charge < -0.3 is 0 Å². The number of rotatable bonds is 3. The Balaban J connectivity index is 1.97. The van der Waals surface area contributed by atoms with E-state index in [1.807, 2.05) is 28.9 Å². The first-order chi connectivity index (χ1) is 9.38. The Morgan fingerprint density at radius 3 is 3.11 bits per heavy atom. The molecule has 0 radical (unpaired) electrons. The summed E-state index contributed by atoms with van der Waals surface area (Å²) in [5, 5.41) is 12.1. The van der Waals surface area contributed by atoms with E-state index in [1.165, 1.54) is 18.5 Å². The molecule has 0 atom stereocenters. The maximum absolute atomic E-state index is 8.37. The van der Waals surface area contributed by atoms with Crippen LogP contribution < -0.4 is 0 Å². The first-order valence-corrected chi connectivity index (χ1v) is 6.42. The Morgan fingerprint density at radius 2 is 2.21 bits per heavy atom. The molecule has 6 heteroatoms. The summed E-state index contributed by atoms with van der Waals surface area (Å²) in [5.41, 5.74) is 12.7. The van der Waals surface area contributed by atoms with E-state index >= 15 is 0 Å². The van der Waals surface area contributed by atoms with Crippen LogP contribution in [0.1, 0.15) is 29.8 Å². The molecule has 2 aromatic rings. The van der Waals surface area contributed by atoms with Gasteiger partial charge in [0.05, 0.1) is 23.6 Å². The second kappa shape index (κ2) is 5.12. The van der Waals surface area contributed by atoms with Crippen molar-refractivity contribution in [3.63, 3.8) is 0 Å². The summed E-state index contributed by atoms with van der Waals surface area (Å²) in [6.45, 7) is 0.362. The van der Waals surface area contributed by atoms with Crippen LogP contribution in [0.2, 0.25) is 0 Å². The zero-order chi connectivity index (χ0) is 13.1. The second-order valence-electron chi connectivity index (χ2n) is 4.66. The Morgan fingerprint density at radius 1 is 1.32 bits per heavy atom. The molecule has 0 N–H and O–H groups in total. The third-order valence-corrected chi connectivity index (χ3v) is 3.39.